The van der Waals surface area contributed by atoms with Crippen molar-refractivity contribution in [3.8, 4) is 0 Å². The van der Waals surface area contributed by atoms with Crippen molar-refractivity contribution in [2.75, 3.05) is 12.0 Å². The van der Waals surface area contributed by atoms with E-state index in [2.05, 4.69) is 6.26 Å². The number of thioether (sulfide) groups is 1. The minimum absolute atomic E-state index is 0.214. The number of carboxylic acids is 2. The van der Waals surface area contributed by atoms with Crippen molar-refractivity contribution < 1.29 is 24.9 Å². The Morgan fingerprint density at radius 1 is 1.00 bits per heavy atom. The molecular formula is C12H22O5S. The summed E-state index contributed by atoms with van der Waals surface area (Å²) in [5, 5.41) is 26.7. The lowest BCUT2D eigenvalue weighted by molar-refractivity contribution is -0.159. The van der Waals surface area contributed by atoms with Crippen LogP contribution in [0.2, 0.25) is 0 Å². The number of aliphatic hydroxyl groups excluding tert-OH is 1. The zero-order valence-corrected chi connectivity index (χ0v) is 11.5. The monoisotopic (exact) mass is 278 g/mol. The first-order valence-corrected chi connectivity index (χ1v) is 7.52. The van der Waals surface area contributed by atoms with E-state index in [1.165, 1.54) is 0 Å². The molecule has 0 heterocycles. The summed E-state index contributed by atoms with van der Waals surface area (Å²) in [5.41, 5.74) is 0. The van der Waals surface area contributed by atoms with Crippen LogP contribution in [-0.2, 0) is 9.59 Å². The molecule has 0 radical (unpaired) electrons. The van der Waals surface area contributed by atoms with E-state index in [0.29, 0.717) is 6.42 Å². The molecule has 0 saturated heterocycles. The van der Waals surface area contributed by atoms with Crippen LogP contribution >= 0.6 is 11.8 Å². The van der Waals surface area contributed by atoms with Gasteiger partial charge in [-0.2, -0.15) is 11.8 Å². The van der Waals surface area contributed by atoms with Gasteiger partial charge in [0.15, 0.2) is 6.10 Å². The molecule has 2 atom stereocenters. The predicted molar refractivity (Wildman–Crippen MR) is 70.9 cm³/mol. The first kappa shape index (κ1) is 17.2. The zero-order valence-electron chi connectivity index (χ0n) is 10.7. The number of unbranched alkanes of at least 4 members (excludes halogenated alkanes) is 4. The third kappa shape index (κ3) is 7.55. The summed E-state index contributed by atoms with van der Waals surface area (Å²) in [4.78, 5) is 21.4. The van der Waals surface area contributed by atoms with Gasteiger partial charge < -0.3 is 15.3 Å². The summed E-state index contributed by atoms with van der Waals surface area (Å²) in [6, 6.07) is 0. The molecule has 0 aromatic rings. The van der Waals surface area contributed by atoms with Gasteiger partial charge in [0.25, 0.3) is 0 Å². The maximum Gasteiger partial charge on any atom is 0.333 e. The van der Waals surface area contributed by atoms with Crippen molar-refractivity contribution in [2.24, 2.45) is 5.92 Å². The SMILES string of the molecule is CSCCCCCCCC(C(=O)O)C(O)C(=O)O. The van der Waals surface area contributed by atoms with Crippen LogP contribution in [0.3, 0.4) is 0 Å². The fraction of sp³-hybridized carbons (Fsp3) is 0.833. The highest BCUT2D eigenvalue weighted by atomic mass is 32.2. The first-order chi connectivity index (χ1) is 8.50. The van der Waals surface area contributed by atoms with Gasteiger partial charge in [-0.05, 0) is 24.9 Å². The standard InChI is InChI=1S/C12H22O5S/c1-18-8-6-4-2-3-5-7-9(11(14)15)10(13)12(16)17/h9-10,13H,2-8H2,1H3,(H,14,15)(H,16,17). The number of hydrogen-bond donors (Lipinski definition) is 3. The fourth-order valence-corrected chi connectivity index (χ4v) is 2.22. The van der Waals surface area contributed by atoms with E-state index in [9.17, 15) is 14.7 Å². The van der Waals surface area contributed by atoms with Crippen molar-refractivity contribution in [1.82, 2.24) is 0 Å². The van der Waals surface area contributed by atoms with Gasteiger partial charge in [-0.15, -0.1) is 0 Å². The first-order valence-electron chi connectivity index (χ1n) is 6.13. The van der Waals surface area contributed by atoms with Crippen LogP contribution in [0.5, 0.6) is 0 Å². The molecule has 6 heteroatoms. The zero-order chi connectivity index (χ0) is 14.0. The molecule has 0 spiro atoms. The molecule has 0 aromatic heterocycles. The Morgan fingerprint density at radius 2 is 1.56 bits per heavy atom. The van der Waals surface area contributed by atoms with Crippen molar-refractivity contribution in [3.63, 3.8) is 0 Å². The van der Waals surface area contributed by atoms with E-state index in [0.717, 1.165) is 31.4 Å². The van der Waals surface area contributed by atoms with Crippen LogP contribution < -0.4 is 0 Å². The molecular weight excluding hydrogens is 256 g/mol. The third-order valence-electron chi connectivity index (χ3n) is 2.81. The third-order valence-corrected chi connectivity index (χ3v) is 3.51. The van der Waals surface area contributed by atoms with Crippen LogP contribution in [0, 0.1) is 5.92 Å². The molecule has 5 nitrogen and oxygen atoms in total. The lowest BCUT2D eigenvalue weighted by Crippen LogP contribution is -2.34. The molecule has 0 aliphatic heterocycles. The molecule has 0 amide bonds. The molecule has 0 aliphatic carbocycles. The molecule has 0 bridgehead atoms. The van der Waals surface area contributed by atoms with Gasteiger partial charge >= 0.3 is 11.9 Å². The number of aliphatic hydroxyl groups is 1. The van der Waals surface area contributed by atoms with Crippen molar-refractivity contribution >= 4 is 23.7 Å². The van der Waals surface area contributed by atoms with Crippen LogP contribution in [0.15, 0.2) is 0 Å². The molecule has 0 rings (SSSR count). The van der Waals surface area contributed by atoms with E-state index < -0.39 is 24.0 Å². The maximum atomic E-state index is 10.8. The van der Waals surface area contributed by atoms with Gasteiger partial charge in [-0.3, -0.25) is 4.79 Å². The predicted octanol–water partition coefficient (Wildman–Crippen LogP) is 1.84. The Labute approximate surface area is 112 Å². The Bertz CT molecular complexity index is 257. The lowest BCUT2D eigenvalue weighted by atomic mass is 9.95. The number of carboxylic acid groups (broad SMARTS) is 2. The van der Waals surface area contributed by atoms with Gasteiger partial charge in [0.1, 0.15) is 0 Å². The summed E-state index contributed by atoms with van der Waals surface area (Å²) >= 11 is 1.81. The average molecular weight is 278 g/mol. The van der Waals surface area contributed by atoms with E-state index in [4.69, 9.17) is 10.2 Å². The maximum absolute atomic E-state index is 10.8. The largest absolute Gasteiger partial charge is 0.481 e. The number of carbonyl (C=O) groups is 2. The molecule has 0 aliphatic rings. The summed E-state index contributed by atoms with van der Waals surface area (Å²) in [6.45, 7) is 0. The Kier molecular flexibility index (Phi) is 9.77. The minimum Gasteiger partial charge on any atom is -0.481 e. The number of aliphatic carboxylic acids is 2. The molecule has 106 valence electrons. The Balaban J connectivity index is 3.78. The second-order valence-corrected chi connectivity index (χ2v) is 5.26. The second-order valence-electron chi connectivity index (χ2n) is 4.28. The minimum atomic E-state index is -1.81. The van der Waals surface area contributed by atoms with Crippen molar-refractivity contribution in [1.29, 1.82) is 0 Å². The highest BCUT2D eigenvalue weighted by molar-refractivity contribution is 7.98. The van der Waals surface area contributed by atoms with Crippen LogP contribution in [0.1, 0.15) is 38.5 Å². The molecule has 0 aromatic carbocycles. The summed E-state index contributed by atoms with van der Waals surface area (Å²) < 4.78 is 0. The van der Waals surface area contributed by atoms with Crippen molar-refractivity contribution in [2.45, 2.75) is 44.6 Å². The van der Waals surface area contributed by atoms with Gasteiger partial charge in [-0.1, -0.05) is 25.7 Å². The second kappa shape index (κ2) is 10.2. The molecule has 2 unspecified atom stereocenters. The molecule has 0 saturated carbocycles. The summed E-state index contributed by atoms with van der Waals surface area (Å²) in [5.74, 6) is -2.78. The summed E-state index contributed by atoms with van der Waals surface area (Å²) in [7, 11) is 0. The normalized spacial score (nSPS) is 14.1. The average Bonchev–Trinajstić information content (AvgIpc) is 2.31. The van der Waals surface area contributed by atoms with E-state index in [-0.39, 0.29) is 6.42 Å². The van der Waals surface area contributed by atoms with E-state index >= 15 is 0 Å². The highest BCUT2D eigenvalue weighted by Gasteiger charge is 2.31. The van der Waals surface area contributed by atoms with Gasteiger partial charge in [-0.25, -0.2) is 4.79 Å². The summed E-state index contributed by atoms with van der Waals surface area (Å²) in [6.07, 6.45) is 5.28. The molecule has 0 fully saturated rings. The topological polar surface area (TPSA) is 94.8 Å². The number of rotatable bonds is 11. The van der Waals surface area contributed by atoms with Gasteiger partial charge in [0.05, 0.1) is 5.92 Å². The van der Waals surface area contributed by atoms with Gasteiger partial charge in [0.2, 0.25) is 0 Å². The van der Waals surface area contributed by atoms with E-state index in [1.54, 1.807) is 11.8 Å². The van der Waals surface area contributed by atoms with E-state index in [1.807, 2.05) is 0 Å². The molecule has 3 N–H and O–H groups in total. The van der Waals surface area contributed by atoms with Crippen molar-refractivity contribution in [3.05, 3.63) is 0 Å². The lowest BCUT2D eigenvalue weighted by Gasteiger charge is -2.15. The van der Waals surface area contributed by atoms with Crippen LogP contribution in [0.25, 0.3) is 0 Å². The van der Waals surface area contributed by atoms with Crippen LogP contribution in [-0.4, -0.2) is 45.4 Å². The smallest absolute Gasteiger partial charge is 0.333 e. The quantitative estimate of drug-likeness (QED) is 0.499. The Morgan fingerprint density at radius 3 is 2.06 bits per heavy atom. The molecule has 18 heavy (non-hydrogen) atoms. The number of hydrogen-bond acceptors (Lipinski definition) is 4. The highest BCUT2D eigenvalue weighted by Crippen LogP contribution is 2.16. The Hall–Kier alpha value is -0.750. The fourth-order valence-electron chi connectivity index (χ4n) is 1.73. The van der Waals surface area contributed by atoms with Gasteiger partial charge in [0, 0.05) is 0 Å². The van der Waals surface area contributed by atoms with Crippen LogP contribution in [0.4, 0.5) is 0 Å².